The number of hydrogen-bond acceptors (Lipinski definition) is 5. The zero-order chi connectivity index (χ0) is 18.7. The summed E-state index contributed by atoms with van der Waals surface area (Å²) in [5.41, 5.74) is 1.43. The molecule has 0 aliphatic rings. The molecule has 0 spiro atoms. The van der Waals surface area contributed by atoms with E-state index in [0.717, 1.165) is 17.7 Å². The second-order valence-corrected chi connectivity index (χ2v) is 6.05. The fourth-order valence-corrected chi connectivity index (χ4v) is 2.98. The Kier molecular flexibility index (Phi) is 5.13. The number of nitrogens with one attached hydrogen (secondary N) is 1. The topological polar surface area (TPSA) is 60.5 Å². The second kappa shape index (κ2) is 7.49. The molecule has 1 heterocycles. The quantitative estimate of drug-likeness (QED) is 0.719. The second-order valence-electron chi connectivity index (χ2n) is 5.19. The van der Waals surface area contributed by atoms with Crippen molar-refractivity contribution in [3.05, 3.63) is 59.0 Å². The maximum atomic E-state index is 13.2. The Morgan fingerprint density at radius 2 is 1.81 bits per heavy atom. The van der Waals surface area contributed by atoms with E-state index >= 15 is 0 Å². The van der Waals surface area contributed by atoms with E-state index in [1.54, 1.807) is 24.6 Å². The Labute approximate surface area is 152 Å². The number of thiazole rings is 1. The van der Waals surface area contributed by atoms with Crippen LogP contribution in [0.25, 0.3) is 11.3 Å². The van der Waals surface area contributed by atoms with E-state index < -0.39 is 17.5 Å². The number of rotatable bonds is 5. The number of halogens is 2. The molecule has 0 fully saturated rings. The summed E-state index contributed by atoms with van der Waals surface area (Å²) in [7, 11) is 3.09. The highest BCUT2D eigenvalue weighted by Gasteiger charge is 2.13. The molecular formula is C18H14F2N2O3S. The zero-order valence-electron chi connectivity index (χ0n) is 13.9. The lowest BCUT2D eigenvalue weighted by atomic mass is 10.1. The fraction of sp³-hybridized carbons (Fsp3) is 0.111. The van der Waals surface area contributed by atoms with Crippen molar-refractivity contribution in [1.29, 1.82) is 0 Å². The van der Waals surface area contributed by atoms with Crippen LogP contribution in [0.3, 0.4) is 0 Å². The first-order valence-corrected chi connectivity index (χ1v) is 8.34. The predicted octanol–water partition coefficient (Wildman–Crippen LogP) is 4.36. The van der Waals surface area contributed by atoms with Crippen LogP contribution in [0.4, 0.5) is 13.9 Å². The van der Waals surface area contributed by atoms with E-state index in [1.165, 1.54) is 24.5 Å². The highest BCUT2D eigenvalue weighted by molar-refractivity contribution is 7.14. The number of methoxy groups -OCH3 is 2. The molecule has 1 N–H and O–H groups in total. The Balaban J connectivity index is 1.79. The number of nitrogens with zero attached hydrogens (tertiary/aromatic N) is 1. The molecule has 134 valence electrons. The molecule has 0 saturated carbocycles. The largest absolute Gasteiger partial charge is 0.493 e. The minimum atomic E-state index is -1.08. The van der Waals surface area contributed by atoms with Crippen molar-refractivity contribution in [3.63, 3.8) is 0 Å². The van der Waals surface area contributed by atoms with Gasteiger partial charge in [0.05, 0.1) is 19.9 Å². The van der Waals surface area contributed by atoms with Gasteiger partial charge in [0.2, 0.25) is 0 Å². The Hall–Kier alpha value is -3.00. The summed E-state index contributed by atoms with van der Waals surface area (Å²) in [6.07, 6.45) is 0. The molecule has 1 aromatic heterocycles. The molecule has 0 aliphatic heterocycles. The van der Waals surface area contributed by atoms with Gasteiger partial charge < -0.3 is 9.47 Å². The third-order valence-corrected chi connectivity index (χ3v) is 4.34. The van der Waals surface area contributed by atoms with E-state index in [2.05, 4.69) is 10.3 Å². The molecule has 5 nitrogen and oxygen atoms in total. The van der Waals surface area contributed by atoms with Crippen LogP contribution in [-0.2, 0) is 0 Å². The summed E-state index contributed by atoms with van der Waals surface area (Å²) in [6, 6.07) is 8.30. The van der Waals surface area contributed by atoms with Gasteiger partial charge in [0.15, 0.2) is 28.3 Å². The summed E-state index contributed by atoms with van der Waals surface area (Å²) in [4.78, 5) is 16.5. The first-order valence-electron chi connectivity index (χ1n) is 7.46. The van der Waals surface area contributed by atoms with Crippen molar-refractivity contribution in [2.24, 2.45) is 0 Å². The van der Waals surface area contributed by atoms with Crippen molar-refractivity contribution < 1.29 is 23.0 Å². The maximum Gasteiger partial charge on any atom is 0.257 e. The average Bonchev–Trinajstić information content (AvgIpc) is 3.11. The average molecular weight is 376 g/mol. The molecule has 0 bridgehead atoms. The van der Waals surface area contributed by atoms with Gasteiger partial charge in [-0.25, -0.2) is 13.8 Å². The summed E-state index contributed by atoms with van der Waals surface area (Å²) < 4.78 is 36.7. The highest BCUT2D eigenvalue weighted by Crippen LogP contribution is 2.33. The van der Waals surface area contributed by atoms with Crippen LogP contribution < -0.4 is 14.8 Å². The van der Waals surface area contributed by atoms with Crippen LogP contribution in [0.5, 0.6) is 11.5 Å². The molecule has 0 radical (unpaired) electrons. The number of carbonyl (C=O) groups is 1. The van der Waals surface area contributed by atoms with Crippen LogP contribution in [0.1, 0.15) is 10.4 Å². The van der Waals surface area contributed by atoms with E-state index in [4.69, 9.17) is 9.47 Å². The van der Waals surface area contributed by atoms with Gasteiger partial charge in [-0.2, -0.15) is 0 Å². The molecule has 3 rings (SSSR count). The number of aromatic nitrogens is 1. The van der Waals surface area contributed by atoms with Gasteiger partial charge in [0.25, 0.3) is 5.91 Å². The molecule has 26 heavy (non-hydrogen) atoms. The fourth-order valence-electron chi connectivity index (χ4n) is 2.27. The van der Waals surface area contributed by atoms with Crippen LogP contribution in [0.2, 0.25) is 0 Å². The summed E-state index contributed by atoms with van der Waals surface area (Å²) in [5.74, 6) is -1.50. The monoisotopic (exact) mass is 376 g/mol. The van der Waals surface area contributed by atoms with Gasteiger partial charge in [-0.1, -0.05) is 0 Å². The van der Waals surface area contributed by atoms with Crippen molar-refractivity contribution in [1.82, 2.24) is 4.98 Å². The number of benzene rings is 2. The van der Waals surface area contributed by atoms with Gasteiger partial charge in [-0.05, 0) is 36.4 Å². The first-order chi connectivity index (χ1) is 12.5. The van der Waals surface area contributed by atoms with Crippen LogP contribution in [-0.4, -0.2) is 25.1 Å². The lowest BCUT2D eigenvalue weighted by Crippen LogP contribution is -2.12. The van der Waals surface area contributed by atoms with Gasteiger partial charge in [-0.3, -0.25) is 10.1 Å². The van der Waals surface area contributed by atoms with Gasteiger partial charge in [0, 0.05) is 16.5 Å². The lowest BCUT2D eigenvalue weighted by Gasteiger charge is -2.08. The van der Waals surface area contributed by atoms with Crippen LogP contribution in [0.15, 0.2) is 41.8 Å². The Morgan fingerprint density at radius 1 is 1.04 bits per heavy atom. The van der Waals surface area contributed by atoms with E-state index in [9.17, 15) is 13.6 Å². The highest BCUT2D eigenvalue weighted by atomic mass is 32.1. The van der Waals surface area contributed by atoms with E-state index in [-0.39, 0.29) is 5.56 Å². The number of anilines is 1. The van der Waals surface area contributed by atoms with Crippen LogP contribution >= 0.6 is 11.3 Å². The Morgan fingerprint density at radius 3 is 2.50 bits per heavy atom. The predicted molar refractivity (Wildman–Crippen MR) is 95.0 cm³/mol. The minimum absolute atomic E-state index is 0.00627. The standard InChI is InChI=1S/C18H14F2N2O3S/c1-24-15-6-4-10(8-16(15)25-2)14-9-26-18(21-14)22-17(23)11-3-5-12(19)13(20)7-11/h3-9H,1-2H3,(H,21,22,23). The molecular weight excluding hydrogens is 362 g/mol. The third kappa shape index (κ3) is 3.65. The summed E-state index contributed by atoms with van der Waals surface area (Å²) in [6.45, 7) is 0. The summed E-state index contributed by atoms with van der Waals surface area (Å²) >= 11 is 1.22. The molecule has 0 aliphatic carbocycles. The molecule has 0 saturated heterocycles. The summed E-state index contributed by atoms with van der Waals surface area (Å²) in [5, 5.41) is 4.67. The third-order valence-electron chi connectivity index (χ3n) is 3.59. The molecule has 0 atom stereocenters. The molecule has 2 aromatic carbocycles. The van der Waals surface area contributed by atoms with E-state index in [0.29, 0.717) is 22.3 Å². The van der Waals surface area contributed by atoms with E-state index in [1.807, 2.05) is 6.07 Å². The Bertz CT molecular complexity index is 959. The number of amides is 1. The van der Waals surface area contributed by atoms with Crippen molar-refractivity contribution in [3.8, 4) is 22.8 Å². The number of hydrogen-bond donors (Lipinski definition) is 1. The lowest BCUT2D eigenvalue weighted by molar-refractivity contribution is 0.102. The van der Waals surface area contributed by atoms with Gasteiger partial charge in [0.1, 0.15) is 0 Å². The normalized spacial score (nSPS) is 10.5. The smallest absolute Gasteiger partial charge is 0.257 e. The van der Waals surface area contributed by atoms with Gasteiger partial charge in [-0.15, -0.1) is 11.3 Å². The molecule has 0 unspecified atom stereocenters. The molecule has 8 heteroatoms. The van der Waals surface area contributed by atoms with Crippen molar-refractivity contribution >= 4 is 22.4 Å². The van der Waals surface area contributed by atoms with Gasteiger partial charge >= 0.3 is 0 Å². The maximum absolute atomic E-state index is 13.2. The number of carbonyl (C=O) groups excluding carboxylic acids is 1. The minimum Gasteiger partial charge on any atom is -0.493 e. The molecule has 3 aromatic rings. The van der Waals surface area contributed by atoms with Crippen molar-refractivity contribution in [2.45, 2.75) is 0 Å². The SMILES string of the molecule is COc1ccc(-c2csc(NC(=O)c3ccc(F)c(F)c3)n2)cc1OC. The zero-order valence-corrected chi connectivity index (χ0v) is 14.7. The molecule has 1 amide bonds. The van der Waals surface area contributed by atoms with Crippen molar-refractivity contribution in [2.75, 3.05) is 19.5 Å². The number of ether oxygens (including phenoxy) is 2. The first kappa shape index (κ1) is 17.8. The van der Waals surface area contributed by atoms with Crippen LogP contribution in [0, 0.1) is 11.6 Å².